The zero-order valence-electron chi connectivity index (χ0n) is 19.8. The van der Waals surface area contributed by atoms with Crippen molar-refractivity contribution in [2.24, 2.45) is 0 Å². The molecule has 1 aliphatic heterocycles. The van der Waals surface area contributed by atoms with E-state index >= 15 is 0 Å². The van der Waals surface area contributed by atoms with Gasteiger partial charge in [-0.05, 0) is 35.1 Å². The quantitative estimate of drug-likeness (QED) is 0.448. The molecule has 186 valence electrons. The van der Waals surface area contributed by atoms with E-state index in [-0.39, 0.29) is 24.5 Å². The van der Waals surface area contributed by atoms with Crippen molar-refractivity contribution < 1.29 is 29.0 Å². The second-order valence-corrected chi connectivity index (χ2v) is 9.04. The average Bonchev–Trinajstić information content (AvgIpc) is 3.14. The van der Waals surface area contributed by atoms with Crippen molar-refractivity contribution in [1.82, 2.24) is 10.2 Å². The average molecular weight is 481 g/mol. The van der Waals surface area contributed by atoms with E-state index in [0.29, 0.717) is 32.7 Å². The zero-order valence-corrected chi connectivity index (χ0v) is 19.8. The van der Waals surface area contributed by atoms with E-state index in [0.717, 1.165) is 25.7 Å². The number of carboxylic acids is 1. The number of hydrogen-bond acceptors (Lipinski definition) is 5. The third kappa shape index (κ3) is 6.39. The molecule has 2 N–H and O–H groups in total. The number of carboxylic acid groups (broad SMARTS) is 1. The van der Waals surface area contributed by atoms with E-state index in [9.17, 15) is 14.4 Å². The molecule has 2 amide bonds. The molecule has 0 saturated carbocycles. The second-order valence-electron chi connectivity index (χ2n) is 9.04. The van der Waals surface area contributed by atoms with E-state index in [1.807, 2.05) is 24.3 Å². The van der Waals surface area contributed by atoms with Crippen LogP contribution in [0.1, 0.15) is 49.1 Å². The number of carbonyl (C=O) groups is 3. The number of likely N-dealkylation sites (tertiary alicyclic amines) is 1. The predicted molar refractivity (Wildman–Crippen MR) is 130 cm³/mol. The number of rotatable bonds is 12. The summed E-state index contributed by atoms with van der Waals surface area (Å²) in [4.78, 5) is 36.5. The molecule has 0 atom stereocenters. The van der Waals surface area contributed by atoms with Gasteiger partial charge in [0.05, 0.1) is 6.10 Å². The van der Waals surface area contributed by atoms with Gasteiger partial charge in [0, 0.05) is 32.0 Å². The van der Waals surface area contributed by atoms with E-state index in [2.05, 4.69) is 29.6 Å². The first-order chi connectivity index (χ1) is 17.0. The van der Waals surface area contributed by atoms with Crippen molar-refractivity contribution in [3.8, 4) is 11.1 Å². The van der Waals surface area contributed by atoms with Crippen LogP contribution >= 0.6 is 0 Å². The zero-order chi connectivity index (χ0) is 24.6. The van der Waals surface area contributed by atoms with Gasteiger partial charge in [-0.25, -0.2) is 9.59 Å². The molecule has 0 bridgehead atoms. The molecule has 0 spiro atoms. The number of aliphatic carboxylic acids is 1. The maximum Gasteiger partial charge on any atom is 0.407 e. The van der Waals surface area contributed by atoms with Crippen molar-refractivity contribution in [2.75, 3.05) is 32.8 Å². The van der Waals surface area contributed by atoms with Gasteiger partial charge in [0.2, 0.25) is 5.91 Å². The highest BCUT2D eigenvalue weighted by Crippen LogP contribution is 2.44. The molecule has 1 heterocycles. The fourth-order valence-electron chi connectivity index (χ4n) is 4.69. The molecule has 1 fully saturated rings. The minimum Gasteiger partial charge on any atom is -0.480 e. The third-order valence-electron chi connectivity index (χ3n) is 6.57. The van der Waals surface area contributed by atoms with Gasteiger partial charge in [-0.3, -0.25) is 4.79 Å². The lowest BCUT2D eigenvalue weighted by atomic mass is 9.98. The summed E-state index contributed by atoms with van der Waals surface area (Å²) >= 11 is 0. The summed E-state index contributed by atoms with van der Waals surface area (Å²) < 4.78 is 10.7. The fraction of sp³-hybridized carbons (Fsp3) is 0.444. The standard InChI is InChI=1S/C27H32N2O6/c30-25(29-15-19(16-29)34-18-26(31)32)13-3-1-2-8-14-28-27(33)35-17-24-22-11-6-4-9-20(22)21-10-5-7-12-23(21)24/h4-7,9-12,19,24H,1-3,8,13-18H2,(H,28,33)(H,31,32). The topological polar surface area (TPSA) is 105 Å². The van der Waals surface area contributed by atoms with Crippen LogP contribution in [0, 0.1) is 0 Å². The number of nitrogens with zero attached hydrogens (tertiary/aromatic N) is 1. The number of unbranched alkanes of at least 4 members (excludes halogenated alkanes) is 3. The smallest absolute Gasteiger partial charge is 0.407 e. The summed E-state index contributed by atoms with van der Waals surface area (Å²) in [7, 11) is 0. The van der Waals surface area contributed by atoms with E-state index in [1.54, 1.807) is 4.90 Å². The van der Waals surface area contributed by atoms with E-state index in [4.69, 9.17) is 14.6 Å². The first kappa shape index (κ1) is 24.7. The van der Waals surface area contributed by atoms with Crippen molar-refractivity contribution in [2.45, 2.75) is 44.1 Å². The summed E-state index contributed by atoms with van der Waals surface area (Å²) in [5.74, 6) is -0.865. The molecule has 0 radical (unpaired) electrons. The van der Waals surface area contributed by atoms with Gasteiger partial charge < -0.3 is 24.8 Å². The molecule has 2 aromatic rings. The van der Waals surface area contributed by atoms with Gasteiger partial charge in [-0.15, -0.1) is 0 Å². The summed E-state index contributed by atoms with van der Waals surface area (Å²) in [5, 5.41) is 11.4. The van der Waals surface area contributed by atoms with Crippen LogP contribution in [0.2, 0.25) is 0 Å². The Kier molecular flexibility index (Phi) is 8.36. The summed E-state index contributed by atoms with van der Waals surface area (Å²) in [5.41, 5.74) is 4.79. The van der Waals surface area contributed by atoms with Crippen LogP contribution in [-0.2, 0) is 19.1 Å². The number of carbonyl (C=O) groups excluding carboxylic acids is 2. The number of fused-ring (bicyclic) bond motifs is 3. The molecule has 8 nitrogen and oxygen atoms in total. The van der Waals surface area contributed by atoms with Crippen molar-refractivity contribution in [3.63, 3.8) is 0 Å². The predicted octanol–water partition coefficient (Wildman–Crippen LogP) is 3.79. The minimum absolute atomic E-state index is 0.0519. The number of nitrogens with one attached hydrogen (secondary N) is 1. The maximum absolute atomic E-state index is 12.2. The SMILES string of the molecule is O=C(O)COC1CN(C(=O)CCCCCCNC(=O)OCC2c3ccccc3-c3ccccc32)C1. The molecule has 0 aromatic heterocycles. The molecule has 2 aromatic carbocycles. The summed E-state index contributed by atoms with van der Waals surface area (Å²) in [6.07, 6.45) is 3.35. The maximum atomic E-state index is 12.2. The Morgan fingerprint density at radius 2 is 1.54 bits per heavy atom. The van der Waals surface area contributed by atoms with Gasteiger partial charge in [0.15, 0.2) is 0 Å². The Morgan fingerprint density at radius 1 is 0.914 bits per heavy atom. The number of hydrogen-bond donors (Lipinski definition) is 2. The monoisotopic (exact) mass is 480 g/mol. The molecule has 2 aliphatic rings. The number of benzene rings is 2. The highest BCUT2D eigenvalue weighted by Gasteiger charge is 2.31. The Labute approximate surface area is 205 Å². The Hall–Kier alpha value is -3.39. The number of alkyl carbamates (subject to hydrolysis) is 1. The van der Waals surface area contributed by atoms with Gasteiger partial charge in [-0.2, -0.15) is 0 Å². The molecule has 35 heavy (non-hydrogen) atoms. The molecular formula is C27H32N2O6. The van der Waals surface area contributed by atoms with Crippen molar-refractivity contribution in [3.05, 3.63) is 59.7 Å². The summed E-state index contributed by atoms with van der Waals surface area (Å²) in [6, 6.07) is 16.5. The van der Waals surface area contributed by atoms with Crippen LogP contribution in [0.15, 0.2) is 48.5 Å². The molecule has 0 unspecified atom stereocenters. The molecule has 8 heteroatoms. The van der Waals surface area contributed by atoms with Gasteiger partial charge in [-0.1, -0.05) is 61.4 Å². The molecular weight excluding hydrogens is 448 g/mol. The normalized spacial score (nSPS) is 14.7. The van der Waals surface area contributed by atoms with Gasteiger partial charge in [0.25, 0.3) is 0 Å². The lowest BCUT2D eigenvalue weighted by Gasteiger charge is -2.38. The molecule has 1 aliphatic carbocycles. The Balaban J connectivity index is 1.06. The molecule has 1 saturated heterocycles. The highest BCUT2D eigenvalue weighted by atomic mass is 16.5. The van der Waals surface area contributed by atoms with Crippen LogP contribution in [0.25, 0.3) is 11.1 Å². The lowest BCUT2D eigenvalue weighted by Crippen LogP contribution is -2.55. The molecule has 4 rings (SSSR count). The van der Waals surface area contributed by atoms with Gasteiger partial charge >= 0.3 is 12.1 Å². The van der Waals surface area contributed by atoms with Crippen molar-refractivity contribution >= 4 is 18.0 Å². The first-order valence-electron chi connectivity index (χ1n) is 12.2. The largest absolute Gasteiger partial charge is 0.480 e. The van der Waals surface area contributed by atoms with Crippen LogP contribution in [0.4, 0.5) is 4.79 Å². The van der Waals surface area contributed by atoms with Crippen LogP contribution in [0.5, 0.6) is 0 Å². The lowest BCUT2D eigenvalue weighted by molar-refractivity contribution is -0.154. The second kappa shape index (κ2) is 11.8. The van der Waals surface area contributed by atoms with Gasteiger partial charge in [0.1, 0.15) is 13.2 Å². The third-order valence-corrected chi connectivity index (χ3v) is 6.57. The number of amides is 2. The van der Waals surface area contributed by atoms with Crippen LogP contribution < -0.4 is 5.32 Å². The Morgan fingerprint density at radius 3 is 2.20 bits per heavy atom. The van der Waals surface area contributed by atoms with E-state index in [1.165, 1.54) is 22.3 Å². The summed E-state index contributed by atoms with van der Waals surface area (Å²) in [6.45, 7) is 1.46. The first-order valence-corrected chi connectivity index (χ1v) is 12.2. The highest BCUT2D eigenvalue weighted by molar-refractivity contribution is 5.79. The van der Waals surface area contributed by atoms with Crippen LogP contribution in [0.3, 0.4) is 0 Å². The van der Waals surface area contributed by atoms with Crippen LogP contribution in [-0.4, -0.2) is 66.9 Å². The Bertz CT molecular complexity index is 1000. The minimum atomic E-state index is -0.997. The van der Waals surface area contributed by atoms with Crippen molar-refractivity contribution in [1.29, 1.82) is 0 Å². The number of ether oxygens (including phenoxy) is 2. The fourth-order valence-corrected chi connectivity index (χ4v) is 4.69. The van der Waals surface area contributed by atoms with E-state index < -0.39 is 12.1 Å².